The molecule has 0 radical (unpaired) electrons. The molecule has 2 amide bonds. The summed E-state index contributed by atoms with van der Waals surface area (Å²) in [7, 11) is -1.62. The summed E-state index contributed by atoms with van der Waals surface area (Å²) in [6, 6.07) is 6.63. The van der Waals surface area contributed by atoms with Crippen LogP contribution in [-0.4, -0.2) is 181 Å². The molecule has 5 atom stereocenters. The fraction of sp³-hybridized carbons (Fsp3) is 0.672. The first-order valence-corrected chi connectivity index (χ1v) is 31.6. The molecule has 79 heavy (non-hydrogen) atoms. The van der Waals surface area contributed by atoms with Crippen LogP contribution in [0.25, 0.3) is 33.4 Å². The molecular formula is C58H77N9O10S2. The van der Waals surface area contributed by atoms with Gasteiger partial charge in [0.25, 0.3) is 11.8 Å². The lowest BCUT2D eigenvalue weighted by Crippen LogP contribution is -2.74. The Hall–Kier alpha value is -4.58. The average molecular weight is 1120 g/mol. The number of aromatic nitrogens is 3. The van der Waals surface area contributed by atoms with Crippen LogP contribution in [0.4, 0.5) is 5.69 Å². The van der Waals surface area contributed by atoms with Crippen molar-refractivity contribution in [3.05, 3.63) is 52.1 Å². The predicted molar refractivity (Wildman–Crippen MR) is 298 cm³/mol. The van der Waals surface area contributed by atoms with Gasteiger partial charge in [-0.05, 0) is 108 Å². The number of hydrogen-bond acceptors (Lipinski definition) is 17. The lowest BCUT2D eigenvalue weighted by Gasteiger charge is -2.57. The molecule has 10 aliphatic rings. The van der Waals surface area contributed by atoms with Crippen molar-refractivity contribution >= 4 is 55.5 Å². The number of cyclic esters (lactones) is 1. The second kappa shape index (κ2) is 20.7. The van der Waals surface area contributed by atoms with Crippen LogP contribution in [0.3, 0.4) is 0 Å². The van der Waals surface area contributed by atoms with E-state index in [4.69, 9.17) is 33.7 Å². The maximum absolute atomic E-state index is 15.4. The third-order valence-electron chi connectivity index (χ3n) is 19.1. The first-order chi connectivity index (χ1) is 38.0. The van der Waals surface area contributed by atoms with Crippen molar-refractivity contribution < 1.29 is 46.5 Å². The van der Waals surface area contributed by atoms with E-state index in [0.29, 0.717) is 81.6 Å². The summed E-state index contributed by atoms with van der Waals surface area (Å²) < 4.78 is 59.4. The van der Waals surface area contributed by atoms with Crippen molar-refractivity contribution in [2.75, 3.05) is 90.0 Å². The Balaban J connectivity index is 0.955. The summed E-state index contributed by atoms with van der Waals surface area (Å²) in [6.07, 6.45) is 9.06. The van der Waals surface area contributed by atoms with Gasteiger partial charge in [-0.15, -0.1) is 11.3 Å². The monoisotopic (exact) mass is 1120 g/mol. The van der Waals surface area contributed by atoms with E-state index in [9.17, 15) is 18.0 Å². The molecule has 21 heteroatoms. The van der Waals surface area contributed by atoms with Gasteiger partial charge in [-0.2, -0.15) is 0 Å². The van der Waals surface area contributed by atoms with Crippen molar-refractivity contribution in [2.24, 2.45) is 11.3 Å². The number of sulfone groups is 1. The molecule has 1 spiro atoms. The van der Waals surface area contributed by atoms with E-state index in [1.807, 2.05) is 30.3 Å². The van der Waals surface area contributed by atoms with Crippen LogP contribution in [0.1, 0.15) is 114 Å². The minimum absolute atomic E-state index is 0.0875. The highest BCUT2D eigenvalue weighted by molar-refractivity contribution is 7.94. The van der Waals surface area contributed by atoms with Gasteiger partial charge in [0.1, 0.15) is 22.7 Å². The SMILES string of the molecule is CO[C@@H](C)c1ncc(N2CCN(C3CC3)CC2)cc1-c1c2c3cc(ccc3n1CCOC1CCOCC1)-c1csc(n1)[C@@H](N1CC3(CCS3(=O)=O)C1)[C@H](NC(=O)C13CC(C1)[C@H](C)O3)C(=O)N1CCC[C@H](N1)C(=O)OCC(C)(C)C2. The molecule has 3 aromatic heterocycles. The number of pyridine rings is 1. The van der Waals surface area contributed by atoms with Crippen LogP contribution in [0.15, 0.2) is 35.8 Å². The number of thiazole rings is 1. The van der Waals surface area contributed by atoms with E-state index in [1.165, 1.54) is 29.2 Å². The topological polar surface area (TPSA) is 199 Å². The number of esters is 1. The summed E-state index contributed by atoms with van der Waals surface area (Å²) >= 11 is 1.40. The zero-order chi connectivity index (χ0) is 54.6. The second-order valence-electron chi connectivity index (χ2n) is 25.0. The lowest BCUT2D eigenvalue weighted by atomic mass is 9.72. The molecule has 8 bridgehead atoms. The number of methoxy groups -OCH3 is 1. The van der Waals surface area contributed by atoms with E-state index in [2.05, 4.69) is 63.2 Å². The van der Waals surface area contributed by atoms with Gasteiger partial charge in [-0.3, -0.25) is 34.2 Å². The summed E-state index contributed by atoms with van der Waals surface area (Å²) in [5.41, 5.74) is 9.10. The molecule has 2 aliphatic carbocycles. The predicted octanol–water partition coefficient (Wildman–Crippen LogP) is 5.60. The summed E-state index contributed by atoms with van der Waals surface area (Å²) in [5, 5.41) is 8.24. The number of amides is 2. The van der Waals surface area contributed by atoms with E-state index in [-0.39, 0.29) is 62.1 Å². The number of hydrazine groups is 1. The number of anilines is 1. The largest absolute Gasteiger partial charge is 0.464 e. The van der Waals surface area contributed by atoms with Gasteiger partial charge < -0.3 is 38.5 Å². The molecule has 14 rings (SSSR count). The van der Waals surface area contributed by atoms with Crippen molar-refractivity contribution in [1.29, 1.82) is 0 Å². The number of likely N-dealkylation sites (tertiary alicyclic amines) is 1. The molecule has 7 saturated heterocycles. The molecule has 426 valence electrons. The fourth-order valence-corrected chi connectivity index (χ4v) is 16.8. The zero-order valence-electron chi connectivity index (χ0n) is 46.4. The number of nitrogens with zero attached hydrogens (tertiary/aromatic N) is 7. The van der Waals surface area contributed by atoms with Crippen molar-refractivity contribution in [2.45, 2.75) is 151 Å². The number of rotatable bonds is 12. The molecule has 1 aromatic carbocycles. The lowest BCUT2D eigenvalue weighted by molar-refractivity contribution is -0.158. The summed E-state index contributed by atoms with van der Waals surface area (Å²) in [4.78, 5) is 62.2. The Bertz CT molecular complexity index is 3120. The fourth-order valence-electron chi connectivity index (χ4n) is 14.0. The third kappa shape index (κ3) is 9.81. The normalized spacial score (nSPS) is 30.3. The van der Waals surface area contributed by atoms with Gasteiger partial charge in [0.2, 0.25) is 0 Å². The first-order valence-electron chi connectivity index (χ1n) is 29.0. The van der Waals surface area contributed by atoms with Crippen LogP contribution in [0.2, 0.25) is 0 Å². The van der Waals surface area contributed by atoms with Crippen LogP contribution < -0.4 is 15.6 Å². The van der Waals surface area contributed by atoms with Gasteiger partial charge in [-0.25, -0.2) is 18.8 Å². The molecule has 2 saturated carbocycles. The van der Waals surface area contributed by atoms with E-state index in [0.717, 1.165) is 83.7 Å². The Labute approximate surface area is 467 Å². The van der Waals surface area contributed by atoms with Gasteiger partial charge in [0, 0.05) is 112 Å². The molecule has 11 heterocycles. The molecule has 19 nitrogen and oxygen atoms in total. The van der Waals surface area contributed by atoms with E-state index in [1.54, 1.807) is 7.11 Å². The van der Waals surface area contributed by atoms with Crippen LogP contribution in [0.5, 0.6) is 0 Å². The van der Waals surface area contributed by atoms with Gasteiger partial charge >= 0.3 is 5.97 Å². The number of ether oxygens (including phenoxy) is 5. The Morgan fingerprint density at radius 3 is 2.49 bits per heavy atom. The Morgan fingerprint density at radius 1 is 1.01 bits per heavy atom. The molecule has 4 aromatic rings. The minimum atomic E-state index is -3.34. The Morgan fingerprint density at radius 2 is 1.80 bits per heavy atom. The van der Waals surface area contributed by atoms with Gasteiger partial charge in [0.15, 0.2) is 9.84 Å². The number of carbonyl (C=O) groups is 3. The number of benzene rings is 1. The molecule has 9 fully saturated rings. The quantitative estimate of drug-likeness (QED) is 0.166. The number of fused-ring (bicyclic) bond motifs is 7. The number of carbonyl (C=O) groups excluding carboxylic acids is 3. The van der Waals surface area contributed by atoms with E-state index < -0.39 is 55.6 Å². The molecular weight excluding hydrogens is 1050 g/mol. The minimum Gasteiger partial charge on any atom is -0.464 e. The molecule has 2 N–H and O–H groups in total. The number of nitrogens with one attached hydrogen (secondary N) is 2. The summed E-state index contributed by atoms with van der Waals surface area (Å²) in [6.45, 7) is 15.3. The standard InChI is InChI=1S/C58H77N9O10S2/c1-35-38-27-58(28-38,77-35)55(70)61-49-51(65-32-57(33-65)14-24-79(57,71)72)52-60-46(31-78-52)37-8-11-47-42(25-37)44(29-56(3,4)34-76-54(69)45-7-6-15-67(62-45)53(49)68)50(66(47)20-23-75-41-12-21-74-22-13-41)43-26-40(30-59-48(43)36(2)73-5)64-18-16-63(17-19-64)39-9-10-39/h8,11,25-26,30-31,35-36,38-39,41,45,49,51,62H,6-7,9-10,12-24,27-29,32-34H2,1-5H3,(H,61,70)/t35-,36-,38?,45-,49-,51-,58?/m0/s1. The highest BCUT2D eigenvalue weighted by Crippen LogP contribution is 2.53. The van der Waals surface area contributed by atoms with Crippen LogP contribution >= 0.6 is 11.3 Å². The Kier molecular flexibility index (Phi) is 14.1. The maximum atomic E-state index is 15.4. The highest BCUT2D eigenvalue weighted by atomic mass is 32.2. The smallest absolute Gasteiger partial charge is 0.324 e. The number of hydrogen-bond donors (Lipinski definition) is 2. The van der Waals surface area contributed by atoms with E-state index >= 15 is 4.79 Å². The first kappa shape index (κ1) is 53.7. The average Bonchev–Trinajstić information content (AvgIpc) is 3.99. The second-order valence-corrected chi connectivity index (χ2v) is 28.4. The van der Waals surface area contributed by atoms with Gasteiger partial charge in [0.05, 0.1) is 77.0 Å². The maximum Gasteiger partial charge on any atom is 0.324 e. The van der Waals surface area contributed by atoms with Crippen molar-refractivity contribution in [3.8, 4) is 22.5 Å². The van der Waals surface area contributed by atoms with Crippen LogP contribution in [-0.2, 0) is 60.9 Å². The molecule has 0 unspecified atom stereocenters. The van der Waals surface area contributed by atoms with Crippen molar-refractivity contribution in [1.82, 2.24) is 40.1 Å². The summed E-state index contributed by atoms with van der Waals surface area (Å²) in [5.74, 6) is -0.886. The zero-order valence-corrected chi connectivity index (χ0v) is 48.0. The molecule has 8 aliphatic heterocycles. The third-order valence-corrected chi connectivity index (χ3v) is 22.6. The number of piperazine rings is 1. The highest BCUT2D eigenvalue weighted by Gasteiger charge is 2.64. The van der Waals surface area contributed by atoms with Crippen LogP contribution in [0, 0.1) is 11.3 Å². The van der Waals surface area contributed by atoms with Crippen molar-refractivity contribution in [3.63, 3.8) is 0 Å². The van der Waals surface area contributed by atoms with Gasteiger partial charge in [-0.1, -0.05) is 19.9 Å².